The summed E-state index contributed by atoms with van der Waals surface area (Å²) in [5.74, 6) is -1.64. The van der Waals surface area contributed by atoms with Crippen LogP contribution >= 0.6 is 0 Å². The zero-order valence-corrected chi connectivity index (χ0v) is 11.0. The first-order chi connectivity index (χ1) is 9.66. The molecule has 20 heavy (non-hydrogen) atoms. The Morgan fingerprint density at radius 1 is 1.20 bits per heavy atom. The first kappa shape index (κ1) is 13.2. The van der Waals surface area contributed by atoms with Crippen LogP contribution in [0.25, 0.3) is 0 Å². The van der Waals surface area contributed by atoms with Crippen molar-refractivity contribution in [1.29, 1.82) is 0 Å². The molecule has 1 aromatic heterocycles. The zero-order valence-electron chi connectivity index (χ0n) is 11.0. The molecular weight excluding hydrogens is 258 g/mol. The maximum atomic E-state index is 13.4. The van der Waals surface area contributed by atoms with Crippen LogP contribution in [0.1, 0.15) is 41.6 Å². The number of halogens is 2. The Bertz CT molecular complexity index is 628. The molecule has 1 aromatic carbocycles. The number of aryl methyl sites for hydroxylation is 1. The van der Waals surface area contributed by atoms with E-state index in [1.165, 1.54) is 11.6 Å². The lowest BCUT2D eigenvalue weighted by Gasteiger charge is -2.29. The smallest absolute Gasteiger partial charge is 0.159 e. The largest absolute Gasteiger partial charge is 0.323 e. The van der Waals surface area contributed by atoms with Gasteiger partial charge in [-0.1, -0.05) is 12.1 Å². The van der Waals surface area contributed by atoms with E-state index in [-0.39, 0.29) is 12.0 Å². The summed E-state index contributed by atoms with van der Waals surface area (Å²) in [5, 5.41) is 0. The molecule has 2 nitrogen and oxygen atoms in total. The summed E-state index contributed by atoms with van der Waals surface area (Å²) in [6.45, 7) is 0. The van der Waals surface area contributed by atoms with Gasteiger partial charge in [0.15, 0.2) is 11.6 Å². The van der Waals surface area contributed by atoms with Crippen molar-refractivity contribution in [3.8, 4) is 0 Å². The lowest BCUT2D eigenvalue weighted by molar-refractivity contribution is 0.456. The second-order valence-corrected chi connectivity index (χ2v) is 5.25. The summed E-state index contributed by atoms with van der Waals surface area (Å²) in [7, 11) is 0. The molecule has 0 radical (unpaired) electrons. The highest BCUT2D eigenvalue weighted by molar-refractivity contribution is 5.31. The van der Waals surface area contributed by atoms with E-state index in [1.807, 2.05) is 6.07 Å². The van der Waals surface area contributed by atoms with Crippen LogP contribution in [0.5, 0.6) is 0 Å². The van der Waals surface area contributed by atoms with Gasteiger partial charge in [-0.05, 0) is 48.6 Å². The van der Waals surface area contributed by atoms with Gasteiger partial charge in [0.1, 0.15) is 0 Å². The SMILES string of the molecule is NC(c1ccc(F)c(F)c1)C1CCCc2cccnc21. The van der Waals surface area contributed by atoms with Crippen molar-refractivity contribution < 1.29 is 8.78 Å². The molecule has 1 aliphatic carbocycles. The summed E-state index contributed by atoms with van der Waals surface area (Å²) < 4.78 is 26.4. The quantitative estimate of drug-likeness (QED) is 0.910. The Morgan fingerprint density at radius 2 is 2.05 bits per heavy atom. The number of fused-ring (bicyclic) bond motifs is 1. The number of hydrogen-bond donors (Lipinski definition) is 1. The molecule has 2 unspecified atom stereocenters. The predicted octanol–water partition coefficient (Wildman–Crippen LogP) is 3.48. The van der Waals surface area contributed by atoms with Crippen molar-refractivity contribution in [2.24, 2.45) is 5.73 Å². The number of aromatic nitrogens is 1. The van der Waals surface area contributed by atoms with E-state index < -0.39 is 11.6 Å². The summed E-state index contributed by atoms with van der Waals surface area (Å²) in [6, 6.07) is 7.50. The molecule has 0 amide bonds. The maximum absolute atomic E-state index is 13.4. The Labute approximate surface area is 116 Å². The molecule has 0 bridgehead atoms. The van der Waals surface area contributed by atoms with Crippen molar-refractivity contribution in [3.63, 3.8) is 0 Å². The first-order valence-electron chi connectivity index (χ1n) is 6.81. The number of rotatable bonds is 2. The molecule has 1 aliphatic rings. The van der Waals surface area contributed by atoms with E-state index >= 15 is 0 Å². The molecule has 1 heterocycles. The molecule has 2 atom stereocenters. The first-order valence-corrected chi connectivity index (χ1v) is 6.81. The second-order valence-electron chi connectivity index (χ2n) is 5.25. The van der Waals surface area contributed by atoms with Gasteiger partial charge in [-0.3, -0.25) is 4.98 Å². The number of nitrogens with two attached hydrogens (primary N) is 1. The monoisotopic (exact) mass is 274 g/mol. The van der Waals surface area contributed by atoms with Crippen molar-refractivity contribution in [2.75, 3.05) is 0 Å². The number of hydrogen-bond acceptors (Lipinski definition) is 2. The molecule has 0 saturated carbocycles. The normalized spacial score (nSPS) is 19.4. The molecule has 104 valence electrons. The topological polar surface area (TPSA) is 38.9 Å². The number of benzene rings is 1. The molecule has 0 fully saturated rings. The van der Waals surface area contributed by atoms with Crippen LogP contribution in [0, 0.1) is 11.6 Å². The van der Waals surface area contributed by atoms with Gasteiger partial charge < -0.3 is 5.73 Å². The van der Waals surface area contributed by atoms with E-state index in [4.69, 9.17) is 5.73 Å². The van der Waals surface area contributed by atoms with Crippen molar-refractivity contribution in [1.82, 2.24) is 4.98 Å². The van der Waals surface area contributed by atoms with Crippen molar-refractivity contribution in [2.45, 2.75) is 31.2 Å². The third-order valence-electron chi connectivity index (χ3n) is 4.00. The molecule has 2 N–H and O–H groups in total. The molecule has 0 aliphatic heterocycles. The molecule has 0 saturated heterocycles. The summed E-state index contributed by atoms with van der Waals surface area (Å²) >= 11 is 0. The minimum atomic E-state index is -0.852. The Balaban J connectivity index is 1.95. The van der Waals surface area contributed by atoms with Crippen molar-refractivity contribution >= 4 is 0 Å². The highest BCUT2D eigenvalue weighted by Gasteiger charge is 2.28. The van der Waals surface area contributed by atoms with Gasteiger partial charge in [0, 0.05) is 23.9 Å². The molecule has 2 aromatic rings. The van der Waals surface area contributed by atoms with Gasteiger partial charge in [-0.15, -0.1) is 0 Å². The predicted molar refractivity (Wildman–Crippen MR) is 73.2 cm³/mol. The van der Waals surface area contributed by atoms with Crippen molar-refractivity contribution in [3.05, 3.63) is 65.0 Å². The van der Waals surface area contributed by atoms with Gasteiger partial charge in [-0.2, -0.15) is 0 Å². The molecular formula is C16H16F2N2. The van der Waals surface area contributed by atoms with E-state index in [0.29, 0.717) is 5.56 Å². The third kappa shape index (κ3) is 2.31. The molecule has 0 spiro atoms. The Kier molecular flexibility index (Phi) is 3.49. The average Bonchev–Trinajstić information content (AvgIpc) is 2.49. The highest BCUT2D eigenvalue weighted by atomic mass is 19.2. The van der Waals surface area contributed by atoms with Gasteiger partial charge in [-0.25, -0.2) is 8.78 Å². The van der Waals surface area contributed by atoms with Gasteiger partial charge >= 0.3 is 0 Å². The van der Waals surface area contributed by atoms with Crippen LogP contribution in [0.4, 0.5) is 8.78 Å². The van der Waals surface area contributed by atoms with Crippen LogP contribution in [0.2, 0.25) is 0 Å². The molecule has 3 rings (SSSR count). The Hall–Kier alpha value is -1.81. The fraction of sp³-hybridized carbons (Fsp3) is 0.312. The molecule has 4 heteroatoms. The van der Waals surface area contributed by atoms with Gasteiger partial charge in [0.05, 0.1) is 0 Å². The van der Waals surface area contributed by atoms with Crippen LogP contribution < -0.4 is 5.73 Å². The third-order valence-corrected chi connectivity index (χ3v) is 4.00. The van der Waals surface area contributed by atoms with Crippen LogP contribution in [-0.4, -0.2) is 4.98 Å². The van der Waals surface area contributed by atoms with E-state index in [2.05, 4.69) is 11.1 Å². The minimum absolute atomic E-state index is 0.0600. The Morgan fingerprint density at radius 3 is 2.85 bits per heavy atom. The summed E-state index contributed by atoms with van der Waals surface area (Å²) in [4.78, 5) is 4.44. The minimum Gasteiger partial charge on any atom is -0.323 e. The van der Waals surface area contributed by atoms with Crippen LogP contribution in [-0.2, 0) is 6.42 Å². The van der Waals surface area contributed by atoms with Crippen LogP contribution in [0.15, 0.2) is 36.5 Å². The maximum Gasteiger partial charge on any atom is 0.159 e. The number of pyridine rings is 1. The fourth-order valence-corrected chi connectivity index (χ4v) is 2.95. The van der Waals surface area contributed by atoms with Gasteiger partial charge in [0.25, 0.3) is 0 Å². The van der Waals surface area contributed by atoms with Crippen LogP contribution in [0.3, 0.4) is 0 Å². The summed E-state index contributed by atoms with van der Waals surface area (Å²) in [5.41, 5.74) is 9.10. The fourth-order valence-electron chi connectivity index (χ4n) is 2.95. The lowest BCUT2D eigenvalue weighted by atomic mass is 9.80. The standard InChI is InChI=1S/C16H16F2N2/c17-13-7-6-11(9-14(13)18)15(19)12-5-1-3-10-4-2-8-20-16(10)12/h2,4,6-9,12,15H,1,3,5,19H2. The van der Waals surface area contributed by atoms with Gasteiger partial charge in [0.2, 0.25) is 0 Å². The zero-order chi connectivity index (χ0) is 14.1. The highest BCUT2D eigenvalue weighted by Crippen LogP contribution is 2.37. The van der Waals surface area contributed by atoms with E-state index in [9.17, 15) is 8.78 Å². The summed E-state index contributed by atoms with van der Waals surface area (Å²) in [6.07, 6.45) is 4.73. The van der Waals surface area contributed by atoms with E-state index in [0.717, 1.165) is 31.0 Å². The second kappa shape index (κ2) is 5.29. The lowest BCUT2D eigenvalue weighted by Crippen LogP contribution is -2.24. The average molecular weight is 274 g/mol. The number of nitrogens with zero attached hydrogens (tertiary/aromatic N) is 1. The van der Waals surface area contributed by atoms with E-state index in [1.54, 1.807) is 12.3 Å².